The summed E-state index contributed by atoms with van der Waals surface area (Å²) in [6.45, 7) is 3.14. The Morgan fingerprint density at radius 1 is 1.03 bits per heavy atom. The summed E-state index contributed by atoms with van der Waals surface area (Å²) in [7, 11) is -1.61. The number of piperidine rings is 1. The summed E-state index contributed by atoms with van der Waals surface area (Å²) in [5.41, 5.74) is 2.56. The van der Waals surface area contributed by atoms with Crippen molar-refractivity contribution in [2.45, 2.75) is 31.1 Å². The molecule has 0 N–H and O–H groups in total. The molecular weight excluding hydrogens is 406 g/mol. The fourth-order valence-electron chi connectivity index (χ4n) is 3.68. The molecule has 1 amide bonds. The number of amides is 1. The van der Waals surface area contributed by atoms with Crippen molar-refractivity contribution in [3.63, 3.8) is 0 Å². The Hall–Kier alpha value is -2.29. The number of fused-ring (bicyclic) bond motifs is 1. The van der Waals surface area contributed by atoms with E-state index in [2.05, 4.69) is 4.99 Å². The summed E-state index contributed by atoms with van der Waals surface area (Å²) in [5, 5.41) is 0. The van der Waals surface area contributed by atoms with Gasteiger partial charge in [0.25, 0.3) is 5.91 Å². The van der Waals surface area contributed by atoms with Crippen LogP contribution in [0.4, 0.5) is 0 Å². The molecule has 0 atom stereocenters. The second kappa shape index (κ2) is 7.85. The summed E-state index contributed by atoms with van der Waals surface area (Å²) in [6.07, 6.45) is 2.84. The molecular formula is C21H23N3O3S2. The van der Waals surface area contributed by atoms with Crippen LogP contribution in [0.25, 0.3) is 10.2 Å². The molecule has 2 heterocycles. The lowest BCUT2D eigenvalue weighted by atomic mass is 10.2. The van der Waals surface area contributed by atoms with E-state index < -0.39 is 10.0 Å². The second-order valence-corrected chi connectivity index (χ2v) is 10.2. The number of benzene rings is 2. The van der Waals surface area contributed by atoms with E-state index in [0.717, 1.165) is 35.0 Å². The Kier molecular flexibility index (Phi) is 5.42. The Morgan fingerprint density at radius 2 is 1.72 bits per heavy atom. The van der Waals surface area contributed by atoms with Crippen LogP contribution < -0.4 is 4.80 Å². The molecule has 152 valence electrons. The first-order valence-corrected chi connectivity index (χ1v) is 11.9. The van der Waals surface area contributed by atoms with Crippen LogP contribution in [0.15, 0.2) is 52.4 Å². The van der Waals surface area contributed by atoms with Crippen molar-refractivity contribution in [3.05, 3.63) is 58.4 Å². The van der Waals surface area contributed by atoms with E-state index in [1.165, 1.54) is 27.8 Å². The van der Waals surface area contributed by atoms with Gasteiger partial charge >= 0.3 is 0 Å². The molecule has 8 heteroatoms. The number of carbonyl (C=O) groups excluding carboxylic acids is 1. The summed E-state index contributed by atoms with van der Waals surface area (Å²) in [6, 6.07) is 12.1. The monoisotopic (exact) mass is 429 g/mol. The number of aromatic nitrogens is 1. The van der Waals surface area contributed by atoms with E-state index in [4.69, 9.17) is 0 Å². The third-order valence-electron chi connectivity index (χ3n) is 5.28. The zero-order valence-corrected chi connectivity index (χ0v) is 18.1. The van der Waals surface area contributed by atoms with Gasteiger partial charge in [0.05, 0.1) is 15.1 Å². The predicted molar refractivity (Wildman–Crippen MR) is 114 cm³/mol. The second-order valence-electron chi connectivity index (χ2n) is 7.27. The van der Waals surface area contributed by atoms with E-state index in [1.807, 2.05) is 36.7 Å². The van der Waals surface area contributed by atoms with Crippen molar-refractivity contribution in [2.24, 2.45) is 12.0 Å². The molecule has 3 aromatic rings. The number of aryl methyl sites for hydroxylation is 2. The lowest BCUT2D eigenvalue weighted by molar-refractivity contribution is 0.0998. The van der Waals surface area contributed by atoms with Crippen LogP contribution in [-0.4, -0.2) is 36.3 Å². The molecule has 29 heavy (non-hydrogen) atoms. The topological polar surface area (TPSA) is 71.7 Å². The van der Waals surface area contributed by atoms with Gasteiger partial charge in [-0.3, -0.25) is 4.79 Å². The van der Waals surface area contributed by atoms with Gasteiger partial charge < -0.3 is 4.57 Å². The highest BCUT2D eigenvalue weighted by Gasteiger charge is 2.25. The van der Waals surface area contributed by atoms with Gasteiger partial charge in [0, 0.05) is 25.7 Å². The molecule has 1 saturated heterocycles. The molecule has 0 bridgehead atoms. The zero-order valence-electron chi connectivity index (χ0n) is 16.5. The van der Waals surface area contributed by atoms with Gasteiger partial charge in [-0.15, -0.1) is 0 Å². The molecule has 6 nitrogen and oxygen atoms in total. The molecule has 1 aliphatic rings. The Morgan fingerprint density at radius 3 is 2.38 bits per heavy atom. The number of sulfonamides is 1. The summed E-state index contributed by atoms with van der Waals surface area (Å²) >= 11 is 1.46. The van der Waals surface area contributed by atoms with Crippen LogP contribution in [0.1, 0.15) is 35.2 Å². The third-order valence-corrected chi connectivity index (χ3v) is 8.29. The maximum Gasteiger partial charge on any atom is 0.279 e. The van der Waals surface area contributed by atoms with Crippen LogP contribution in [0.5, 0.6) is 0 Å². The van der Waals surface area contributed by atoms with Crippen molar-refractivity contribution in [1.82, 2.24) is 8.87 Å². The van der Waals surface area contributed by atoms with Crippen molar-refractivity contribution in [2.75, 3.05) is 13.1 Å². The highest BCUT2D eigenvalue weighted by atomic mass is 32.2. The summed E-state index contributed by atoms with van der Waals surface area (Å²) in [4.78, 5) is 17.8. The van der Waals surface area contributed by atoms with Gasteiger partial charge in [0.1, 0.15) is 0 Å². The Labute approximate surface area is 174 Å². The minimum absolute atomic E-state index is 0.221. The number of hydrogen-bond acceptors (Lipinski definition) is 4. The van der Waals surface area contributed by atoms with Crippen molar-refractivity contribution < 1.29 is 13.2 Å². The van der Waals surface area contributed by atoms with E-state index in [0.29, 0.717) is 23.5 Å². The molecule has 0 unspecified atom stereocenters. The van der Waals surface area contributed by atoms with Crippen LogP contribution in [0.2, 0.25) is 0 Å². The summed E-state index contributed by atoms with van der Waals surface area (Å²) < 4.78 is 30.0. The maximum atomic E-state index is 12.8. The van der Waals surface area contributed by atoms with Gasteiger partial charge in [0.2, 0.25) is 10.0 Å². The van der Waals surface area contributed by atoms with E-state index in [1.54, 1.807) is 12.1 Å². The molecule has 4 rings (SSSR count). The fourth-order valence-corrected chi connectivity index (χ4v) is 6.29. The van der Waals surface area contributed by atoms with E-state index in [9.17, 15) is 13.2 Å². The van der Waals surface area contributed by atoms with Crippen LogP contribution in [0.3, 0.4) is 0 Å². The smallest absolute Gasteiger partial charge is 0.279 e. The standard InChI is InChI=1S/C21H23N3O3S2/c1-15-7-6-8-18-19(15)23(2)21(28-18)22-20(25)16-9-11-17(12-10-16)29(26,27)24-13-4-3-5-14-24/h6-12H,3-5,13-14H2,1-2H3. The Bertz CT molecular complexity index is 1230. The first-order chi connectivity index (χ1) is 13.9. The molecule has 0 spiro atoms. The average molecular weight is 430 g/mol. The normalized spacial score (nSPS) is 16.4. The van der Waals surface area contributed by atoms with Gasteiger partial charge in [-0.2, -0.15) is 9.30 Å². The number of para-hydroxylation sites is 1. The Balaban J connectivity index is 1.63. The minimum Gasteiger partial charge on any atom is -0.319 e. The molecule has 1 aromatic heterocycles. The molecule has 1 fully saturated rings. The first-order valence-electron chi connectivity index (χ1n) is 9.62. The van der Waals surface area contributed by atoms with E-state index >= 15 is 0 Å². The molecule has 0 saturated carbocycles. The van der Waals surface area contributed by atoms with Crippen molar-refractivity contribution >= 4 is 37.5 Å². The third kappa shape index (κ3) is 3.80. The largest absolute Gasteiger partial charge is 0.319 e. The lowest BCUT2D eigenvalue weighted by Gasteiger charge is -2.25. The maximum absolute atomic E-state index is 12.8. The quantitative estimate of drug-likeness (QED) is 0.640. The highest BCUT2D eigenvalue weighted by Crippen LogP contribution is 2.22. The number of rotatable bonds is 3. The van der Waals surface area contributed by atoms with Crippen molar-refractivity contribution in [1.29, 1.82) is 0 Å². The minimum atomic E-state index is -3.50. The fraction of sp³-hybridized carbons (Fsp3) is 0.333. The van der Waals surface area contributed by atoms with Crippen LogP contribution >= 0.6 is 11.3 Å². The van der Waals surface area contributed by atoms with Gasteiger partial charge in [-0.1, -0.05) is 29.9 Å². The summed E-state index contributed by atoms with van der Waals surface area (Å²) in [5.74, 6) is -0.383. The number of carbonyl (C=O) groups is 1. The number of thiazole rings is 1. The lowest BCUT2D eigenvalue weighted by Crippen LogP contribution is -2.35. The van der Waals surface area contributed by atoms with Crippen LogP contribution in [-0.2, 0) is 17.1 Å². The van der Waals surface area contributed by atoms with Gasteiger partial charge in [-0.25, -0.2) is 8.42 Å². The predicted octanol–water partition coefficient (Wildman–Crippen LogP) is 3.46. The van der Waals surface area contributed by atoms with Crippen LogP contribution in [0, 0.1) is 6.92 Å². The first kappa shape index (κ1) is 20.0. The zero-order chi connectivity index (χ0) is 20.6. The van der Waals surface area contributed by atoms with Crippen molar-refractivity contribution in [3.8, 4) is 0 Å². The molecule has 2 aromatic carbocycles. The average Bonchev–Trinajstić information content (AvgIpc) is 3.05. The van der Waals surface area contributed by atoms with E-state index in [-0.39, 0.29) is 10.8 Å². The SMILES string of the molecule is Cc1cccc2sc(=NC(=O)c3ccc(S(=O)(=O)N4CCCCC4)cc3)n(C)c12. The number of nitrogens with zero attached hydrogens (tertiary/aromatic N) is 3. The molecule has 0 aliphatic carbocycles. The number of hydrogen-bond donors (Lipinski definition) is 0. The van der Waals surface area contributed by atoms with Gasteiger partial charge in [0.15, 0.2) is 4.80 Å². The molecule has 0 radical (unpaired) electrons. The van der Waals surface area contributed by atoms with Gasteiger partial charge in [-0.05, 0) is 55.7 Å². The highest BCUT2D eigenvalue weighted by molar-refractivity contribution is 7.89. The molecule has 1 aliphatic heterocycles.